The Labute approximate surface area is 87.4 Å². The molecule has 1 saturated heterocycles. The highest BCUT2D eigenvalue weighted by atomic mass is 32.1. The number of likely N-dealkylation sites (tertiary alicyclic amines) is 1. The standard InChI is InChI=1S/C8H14N4OS/c1-2-11-3-6(4-11)12-7(5-13)9-10-8(12)14/h6,13H,2-5H2,1H3,(H,10,14). The number of likely N-dealkylation sites (N-methyl/N-ethyl adjacent to an activating group) is 1. The van der Waals surface area contributed by atoms with E-state index in [1.807, 2.05) is 4.57 Å². The number of aromatic amines is 1. The van der Waals surface area contributed by atoms with Crippen LogP contribution in [0.3, 0.4) is 0 Å². The first-order chi connectivity index (χ1) is 6.76. The lowest BCUT2D eigenvalue weighted by molar-refractivity contribution is 0.107. The molecule has 0 bridgehead atoms. The van der Waals surface area contributed by atoms with E-state index in [-0.39, 0.29) is 6.61 Å². The number of rotatable bonds is 3. The summed E-state index contributed by atoms with van der Waals surface area (Å²) in [6.07, 6.45) is 0. The van der Waals surface area contributed by atoms with Crippen molar-refractivity contribution in [3.8, 4) is 0 Å². The van der Waals surface area contributed by atoms with Crippen LogP contribution in [0.25, 0.3) is 0 Å². The van der Waals surface area contributed by atoms with Gasteiger partial charge in [-0.15, -0.1) is 0 Å². The molecule has 0 unspecified atom stereocenters. The topological polar surface area (TPSA) is 57.1 Å². The second kappa shape index (κ2) is 3.80. The maximum Gasteiger partial charge on any atom is 0.195 e. The molecule has 6 heteroatoms. The Balaban J connectivity index is 2.17. The van der Waals surface area contributed by atoms with Crippen LogP contribution in [-0.4, -0.2) is 44.4 Å². The number of hydrogen-bond acceptors (Lipinski definition) is 4. The Morgan fingerprint density at radius 1 is 1.64 bits per heavy atom. The Morgan fingerprint density at radius 3 is 2.93 bits per heavy atom. The van der Waals surface area contributed by atoms with Crippen molar-refractivity contribution < 1.29 is 5.11 Å². The minimum atomic E-state index is -0.0598. The summed E-state index contributed by atoms with van der Waals surface area (Å²) in [6.45, 7) is 5.14. The second-order valence-corrected chi connectivity index (χ2v) is 3.87. The van der Waals surface area contributed by atoms with Gasteiger partial charge in [-0.2, -0.15) is 5.10 Å². The molecular formula is C8H14N4OS. The van der Waals surface area contributed by atoms with Crippen LogP contribution in [0.2, 0.25) is 0 Å². The molecule has 0 aromatic carbocycles. The summed E-state index contributed by atoms with van der Waals surface area (Å²) in [4.78, 5) is 2.32. The van der Waals surface area contributed by atoms with Crippen LogP contribution >= 0.6 is 12.2 Å². The van der Waals surface area contributed by atoms with Gasteiger partial charge in [0.2, 0.25) is 0 Å². The fourth-order valence-corrected chi connectivity index (χ4v) is 2.09. The van der Waals surface area contributed by atoms with Crippen LogP contribution in [-0.2, 0) is 6.61 Å². The molecule has 0 aliphatic carbocycles. The van der Waals surface area contributed by atoms with Crippen molar-refractivity contribution in [1.29, 1.82) is 0 Å². The van der Waals surface area contributed by atoms with Crippen LogP contribution in [0.15, 0.2) is 0 Å². The molecule has 0 amide bonds. The molecule has 1 aromatic heterocycles. The number of H-pyrrole nitrogens is 1. The first kappa shape index (κ1) is 9.82. The zero-order valence-electron chi connectivity index (χ0n) is 8.10. The van der Waals surface area contributed by atoms with E-state index in [4.69, 9.17) is 17.3 Å². The van der Waals surface area contributed by atoms with Crippen LogP contribution in [0.5, 0.6) is 0 Å². The molecule has 14 heavy (non-hydrogen) atoms. The van der Waals surface area contributed by atoms with Gasteiger partial charge in [-0.1, -0.05) is 6.92 Å². The number of nitrogens with zero attached hydrogens (tertiary/aromatic N) is 3. The molecular weight excluding hydrogens is 200 g/mol. The first-order valence-corrected chi connectivity index (χ1v) is 5.16. The van der Waals surface area contributed by atoms with Crippen molar-refractivity contribution in [3.05, 3.63) is 10.6 Å². The van der Waals surface area contributed by atoms with Gasteiger partial charge in [0.25, 0.3) is 0 Å². The van der Waals surface area contributed by atoms with E-state index in [2.05, 4.69) is 22.0 Å². The third-order valence-electron chi connectivity index (χ3n) is 2.67. The van der Waals surface area contributed by atoms with Crippen LogP contribution in [0.1, 0.15) is 18.8 Å². The molecule has 78 valence electrons. The summed E-state index contributed by atoms with van der Waals surface area (Å²) in [5.41, 5.74) is 0. The van der Waals surface area contributed by atoms with Crippen molar-refractivity contribution in [1.82, 2.24) is 19.7 Å². The molecule has 1 aliphatic rings. The van der Waals surface area contributed by atoms with Crippen LogP contribution < -0.4 is 0 Å². The van der Waals surface area contributed by atoms with E-state index in [0.717, 1.165) is 19.6 Å². The van der Waals surface area contributed by atoms with Crippen LogP contribution in [0.4, 0.5) is 0 Å². The summed E-state index contributed by atoms with van der Waals surface area (Å²) in [5, 5.41) is 15.7. The molecule has 2 rings (SSSR count). The third-order valence-corrected chi connectivity index (χ3v) is 2.96. The molecule has 1 aliphatic heterocycles. The molecule has 2 heterocycles. The summed E-state index contributed by atoms with van der Waals surface area (Å²) < 4.78 is 2.52. The van der Waals surface area contributed by atoms with Crippen LogP contribution in [0, 0.1) is 4.77 Å². The molecule has 0 saturated carbocycles. The summed E-state index contributed by atoms with van der Waals surface area (Å²) in [6, 6.07) is 0.378. The van der Waals surface area contributed by atoms with E-state index < -0.39 is 0 Å². The van der Waals surface area contributed by atoms with E-state index in [0.29, 0.717) is 16.6 Å². The van der Waals surface area contributed by atoms with Crippen molar-refractivity contribution >= 4 is 12.2 Å². The SMILES string of the molecule is CCN1CC(n2c(CO)n[nH]c2=S)C1. The fourth-order valence-electron chi connectivity index (χ4n) is 1.79. The van der Waals surface area contributed by atoms with Crippen molar-refractivity contribution in [2.24, 2.45) is 0 Å². The fraction of sp³-hybridized carbons (Fsp3) is 0.750. The van der Waals surface area contributed by atoms with Gasteiger partial charge in [-0.05, 0) is 18.8 Å². The lowest BCUT2D eigenvalue weighted by Crippen LogP contribution is -2.47. The van der Waals surface area contributed by atoms with E-state index in [9.17, 15) is 0 Å². The Bertz CT molecular complexity index is 366. The Hall–Kier alpha value is -0.720. The molecule has 1 fully saturated rings. The average Bonchev–Trinajstić information content (AvgIpc) is 2.47. The lowest BCUT2D eigenvalue weighted by Gasteiger charge is -2.39. The second-order valence-electron chi connectivity index (χ2n) is 3.48. The normalized spacial score (nSPS) is 18.4. The minimum Gasteiger partial charge on any atom is -0.388 e. The van der Waals surface area contributed by atoms with Crippen molar-refractivity contribution in [2.45, 2.75) is 19.6 Å². The van der Waals surface area contributed by atoms with E-state index in [1.165, 1.54) is 0 Å². The van der Waals surface area contributed by atoms with Gasteiger partial charge in [-0.25, -0.2) is 0 Å². The van der Waals surface area contributed by atoms with E-state index >= 15 is 0 Å². The van der Waals surface area contributed by atoms with E-state index in [1.54, 1.807) is 0 Å². The quantitative estimate of drug-likeness (QED) is 0.711. The molecule has 1 aromatic rings. The summed E-state index contributed by atoms with van der Waals surface area (Å²) in [5.74, 6) is 0.635. The highest BCUT2D eigenvalue weighted by Crippen LogP contribution is 2.21. The molecule has 0 radical (unpaired) electrons. The summed E-state index contributed by atoms with van der Waals surface area (Å²) in [7, 11) is 0. The third kappa shape index (κ3) is 1.49. The molecule has 0 spiro atoms. The monoisotopic (exact) mass is 214 g/mol. The zero-order chi connectivity index (χ0) is 10.1. The highest BCUT2D eigenvalue weighted by molar-refractivity contribution is 7.71. The highest BCUT2D eigenvalue weighted by Gasteiger charge is 2.28. The minimum absolute atomic E-state index is 0.0598. The van der Waals surface area contributed by atoms with Gasteiger partial charge in [0.05, 0.1) is 6.04 Å². The Morgan fingerprint density at radius 2 is 2.36 bits per heavy atom. The van der Waals surface area contributed by atoms with Gasteiger partial charge in [0, 0.05) is 13.1 Å². The van der Waals surface area contributed by atoms with Gasteiger partial charge >= 0.3 is 0 Å². The molecule has 5 nitrogen and oxygen atoms in total. The largest absolute Gasteiger partial charge is 0.388 e. The zero-order valence-corrected chi connectivity index (χ0v) is 8.92. The number of aliphatic hydroxyl groups is 1. The van der Waals surface area contributed by atoms with Gasteiger partial charge in [0.1, 0.15) is 6.61 Å². The lowest BCUT2D eigenvalue weighted by atomic mass is 10.1. The van der Waals surface area contributed by atoms with Gasteiger partial charge < -0.3 is 5.11 Å². The maximum absolute atomic E-state index is 9.06. The maximum atomic E-state index is 9.06. The Kier molecular flexibility index (Phi) is 2.66. The van der Waals surface area contributed by atoms with Crippen molar-refractivity contribution in [3.63, 3.8) is 0 Å². The predicted molar refractivity (Wildman–Crippen MR) is 54.5 cm³/mol. The summed E-state index contributed by atoms with van der Waals surface area (Å²) >= 11 is 5.11. The molecule has 0 atom stereocenters. The number of hydrogen-bond donors (Lipinski definition) is 2. The smallest absolute Gasteiger partial charge is 0.195 e. The predicted octanol–water partition coefficient (Wildman–Crippen LogP) is 0.310. The van der Waals surface area contributed by atoms with Crippen molar-refractivity contribution in [2.75, 3.05) is 19.6 Å². The first-order valence-electron chi connectivity index (χ1n) is 4.75. The average molecular weight is 214 g/mol. The molecule has 2 N–H and O–H groups in total. The van der Waals surface area contributed by atoms with Gasteiger partial charge in [-0.3, -0.25) is 14.6 Å². The number of aliphatic hydroxyl groups excluding tert-OH is 1. The number of aromatic nitrogens is 3. The number of nitrogens with one attached hydrogen (secondary N) is 1. The van der Waals surface area contributed by atoms with Gasteiger partial charge in [0.15, 0.2) is 10.6 Å².